The van der Waals surface area contributed by atoms with Gasteiger partial charge in [-0.25, -0.2) is 0 Å². The van der Waals surface area contributed by atoms with Crippen LogP contribution in [0.25, 0.3) is 0 Å². The van der Waals surface area contributed by atoms with Gasteiger partial charge in [0.2, 0.25) is 6.41 Å². The van der Waals surface area contributed by atoms with Crippen LogP contribution in [0.2, 0.25) is 0 Å². The minimum atomic E-state index is -0.183. The predicted molar refractivity (Wildman–Crippen MR) is 54.0 cm³/mol. The zero-order chi connectivity index (χ0) is 10.7. The molecule has 0 saturated heterocycles. The molecule has 0 aromatic heterocycles. The number of ether oxygens (including phenoxy) is 1. The minimum Gasteiger partial charge on any atom is -0.491 e. The lowest BCUT2D eigenvalue weighted by Crippen LogP contribution is -2.24. The van der Waals surface area contributed by atoms with Gasteiger partial charge in [-0.05, 0) is 18.2 Å². The van der Waals surface area contributed by atoms with E-state index in [-0.39, 0.29) is 5.91 Å². The summed E-state index contributed by atoms with van der Waals surface area (Å²) in [7, 11) is 0. The molecule has 0 bridgehead atoms. The number of amides is 2. The third kappa shape index (κ3) is 1.90. The highest BCUT2D eigenvalue weighted by atomic mass is 16.5. The molecule has 0 spiro atoms. The van der Waals surface area contributed by atoms with Gasteiger partial charge in [-0.1, -0.05) is 0 Å². The summed E-state index contributed by atoms with van der Waals surface area (Å²) < 4.78 is 5.35. The van der Waals surface area contributed by atoms with Crippen LogP contribution in [-0.4, -0.2) is 25.5 Å². The van der Waals surface area contributed by atoms with Crippen LogP contribution < -0.4 is 15.4 Å². The Morgan fingerprint density at radius 1 is 1.47 bits per heavy atom. The van der Waals surface area contributed by atoms with Crippen LogP contribution in [0.5, 0.6) is 5.75 Å². The van der Waals surface area contributed by atoms with Crippen molar-refractivity contribution in [3.05, 3.63) is 23.8 Å². The van der Waals surface area contributed by atoms with E-state index in [0.29, 0.717) is 36.6 Å². The Kier molecular flexibility index (Phi) is 2.53. The monoisotopic (exact) mass is 206 g/mol. The van der Waals surface area contributed by atoms with Crippen molar-refractivity contribution in [1.82, 2.24) is 5.32 Å². The number of rotatable bonds is 2. The second-order valence-corrected chi connectivity index (χ2v) is 3.08. The molecule has 5 nitrogen and oxygen atoms in total. The van der Waals surface area contributed by atoms with E-state index in [1.165, 1.54) is 0 Å². The third-order valence-corrected chi connectivity index (χ3v) is 2.09. The summed E-state index contributed by atoms with van der Waals surface area (Å²) in [6, 6.07) is 4.95. The van der Waals surface area contributed by atoms with Crippen molar-refractivity contribution >= 4 is 18.0 Å². The zero-order valence-corrected chi connectivity index (χ0v) is 7.95. The first-order valence-electron chi connectivity index (χ1n) is 4.56. The van der Waals surface area contributed by atoms with Gasteiger partial charge in [0.1, 0.15) is 12.4 Å². The number of hydrogen-bond acceptors (Lipinski definition) is 3. The number of anilines is 1. The second-order valence-electron chi connectivity index (χ2n) is 3.08. The first kappa shape index (κ1) is 9.51. The Labute approximate surface area is 86.4 Å². The van der Waals surface area contributed by atoms with Crippen LogP contribution in [0, 0.1) is 0 Å². The molecule has 2 N–H and O–H groups in total. The lowest BCUT2D eigenvalue weighted by molar-refractivity contribution is -0.105. The lowest BCUT2D eigenvalue weighted by atomic mass is 10.1. The highest BCUT2D eigenvalue weighted by Crippen LogP contribution is 2.23. The molecule has 0 saturated carbocycles. The molecular formula is C10H10N2O3. The van der Waals surface area contributed by atoms with Crippen LogP contribution in [0.4, 0.5) is 5.69 Å². The predicted octanol–water partition coefficient (Wildman–Crippen LogP) is 0.377. The van der Waals surface area contributed by atoms with Gasteiger partial charge in [-0.2, -0.15) is 0 Å². The fourth-order valence-electron chi connectivity index (χ4n) is 1.41. The molecule has 0 atom stereocenters. The summed E-state index contributed by atoms with van der Waals surface area (Å²) in [6.45, 7) is 0.948. The molecule has 15 heavy (non-hydrogen) atoms. The molecule has 1 aliphatic heterocycles. The Balaban J connectivity index is 2.39. The topological polar surface area (TPSA) is 67.4 Å². The molecule has 1 aromatic rings. The summed E-state index contributed by atoms with van der Waals surface area (Å²) in [6.07, 6.45) is 0.567. The van der Waals surface area contributed by atoms with Crippen molar-refractivity contribution in [2.45, 2.75) is 0 Å². The number of fused-ring (bicyclic) bond motifs is 1. The third-order valence-electron chi connectivity index (χ3n) is 2.09. The summed E-state index contributed by atoms with van der Waals surface area (Å²) >= 11 is 0. The first-order valence-corrected chi connectivity index (χ1v) is 4.56. The van der Waals surface area contributed by atoms with Crippen molar-refractivity contribution in [2.75, 3.05) is 18.5 Å². The summed E-state index contributed by atoms with van der Waals surface area (Å²) in [5.41, 5.74) is 1.02. The van der Waals surface area contributed by atoms with Gasteiger partial charge in [-0.3, -0.25) is 9.59 Å². The van der Waals surface area contributed by atoms with Gasteiger partial charge in [0.15, 0.2) is 0 Å². The van der Waals surface area contributed by atoms with Crippen LogP contribution in [0.1, 0.15) is 10.4 Å². The summed E-state index contributed by atoms with van der Waals surface area (Å²) in [4.78, 5) is 21.8. The van der Waals surface area contributed by atoms with Crippen molar-refractivity contribution in [2.24, 2.45) is 0 Å². The standard InChI is InChI=1S/C10H10N2O3/c13-6-12-7-1-2-9-8(5-7)10(14)11-3-4-15-9/h1-2,5-6H,3-4H2,(H,11,14)(H,12,13). The van der Waals surface area contributed by atoms with E-state index < -0.39 is 0 Å². The fourth-order valence-corrected chi connectivity index (χ4v) is 1.41. The Morgan fingerprint density at radius 2 is 2.33 bits per heavy atom. The molecule has 2 rings (SSSR count). The average Bonchev–Trinajstić information content (AvgIpc) is 2.42. The SMILES string of the molecule is O=CNc1ccc2c(c1)C(=O)NCCO2. The van der Waals surface area contributed by atoms with Gasteiger partial charge < -0.3 is 15.4 Å². The largest absolute Gasteiger partial charge is 0.491 e. The number of nitrogens with one attached hydrogen (secondary N) is 2. The maximum absolute atomic E-state index is 11.6. The van der Waals surface area contributed by atoms with E-state index in [2.05, 4.69) is 10.6 Å². The second kappa shape index (κ2) is 4.00. The van der Waals surface area contributed by atoms with Gasteiger partial charge in [0, 0.05) is 5.69 Å². The van der Waals surface area contributed by atoms with Crippen LogP contribution in [-0.2, 0) is 4.79 Å². The average molecular weight is 206 g/mol. The normalized spacial score (nSPS) is 14.3. The Morgan fingerprint density at radius 3 is 3.13 bits per heavy atom. The van der Waals surface area contributed by atoms with Crippen LogP contribution >= 0.6 is 0 Å². The molecule has 1 heterocycles. The molecule has 2 amide bonds. The zero-order valence-electron chi connectivity index (χ0n) is 7.95. The van der Waals surface area contributed by atoms with Crippen LogP contribution in [0.3, 0.4) is 0 Å². The molecule has 1 aromatic carbocycles. The van der Waals surface area contributed by atoms with Crippen molar-refractivity contribution in [3.63, 3.8) is 0 Å². The molecule has 0 fully saturated rings. The van der Waals surface area contributed by atoms with Gasteiger partial charge in [0.25, 0.3) is 5.91 Å². The molecular weight excluding hydrogens is 196 g/mol. The van der Waals surface area contributed by atoms with Crippen molar-refractivity contribution in [1.29, 1.82) is 0 Å². The fraction of sp³-hybridized carbons (Fsp3) is 0.200. The van der Waals surface area contributed by atoms with E-state index in [0.717, 1.165) is 0 Å². The van der Waals surface area contributed by atoms with Crippen LogP contribution in [0.15, 0.2) is 18.2 Å². The number of benzene rings is 1. The van der Waals surface area contributed by atoms with E-state index >= 15 is 0 Å². The maximum atomic E-state index is 11.6. The smallest absolute Gasteiger partial charge is 0.255 e. The molecule has 5 heteroatoms. The van der Waals surface area contributed by atoms with E-state index in [4.69, 9.17) is 4.74 Å². The molecule has 0 unspecified atom stereocenters. The quantitative estimate of drug-likeness (QED) is 0.687. The van der Waals surface area contributed by atoms with Gasteiger partial charge >= 0.3 is 0 Å². The molecule has 0 aliphatic carbocycles. The maximum Gasteiger partial charge on any atom is 0.255 e. The molecule has 0 radical (unpaired) electrons. The Bertz CT molecular complexity index is 404. The van der Waals surface area contributed by atoms with Crippen molar-refractivity contribution < 1.29 is 14.3 Å². The van der Waals surface area contributed by atoms with E-state index in [1.54, 1.807) is 18.2 Å². The first-order chi connectivity index (χ1) is 7.31. The summed E-state index contributed by atoms with van der Waals surface area (Å²) in [5, 5.41) is 5.17. The number of hydrogen-bond donors (Lipinski definition) is 2. The van der Waals surface area contributed by atoms with Crippen molar-refractivity contribution in [3.8, 4) is 5.75 Å². The Hall–Kier alpha value is -2.04. The highest BCUT2D eigenvalue weighted by molar-refractivity contribution is 5.98. The van der Waals surface area contributed by atoms with E-state index in [9.17, 15) is 9.59 Å². The minimum absolute atomic E-state index is 0.183. The lowest BCUT2D eigenvalue weighted by Gasteiger charge is -2.06. The molecule has 78 valence electrons. The van der Waals surface area contributed by atoms with Gasteiger partial charge in [-0.15, -0.1) is 0 Å². The number of carbonyl (C=O) groups excluding carboxylic acids is 2. The van der Waals surface area contributed by atoms with E-state index in [1.807, 2.05) is 0 Å². The number of carbonyl (C=O) groups is 2. The highest BCUT2D eigenvalue weighted by Gasteiger charge is 2.16. The van der Waals surface area contributed by atoms with Gasteiger partial charge in [0.05, 0.1) is 12.1 Å². The molecule has 1 aliphatic rings. The summed E-state index contributed by atoms with van der Waals surface area (Å²) in [5.74, 6) is 0.360.